The van der Waals surface area contributed by atoms with E-state index >= 15 is 0 Å². The zero-order valence-electron chi connectivity index (χ0n) is 12.5. The van der Waals surface area contributed by atoms with Crippen LogP contribution >= 0.6 is 0 Å². The Morgan fingerprint density at radius 1 is 1.24 bits per heavy atom. The van der Waals surface area contributed by atoms with Gasteiger partial charge >= 0.3 is 0 Å². The highest BCUT2D eigenvalue weighted by Gasteiger charge is 2.19. The lowest BCUT2D eigenvalue weighted by Gasteiger charge is -2.18. The van der Waals surface area contributed by atoms with Crippen LogP contribution in [0.25, 0.3) is 0 Å². The molecule has 6 heteroatoms. The summed E-state index contributed by atoms with van der Waals surface area (Å²) in [5.74, 6) is -0.259. The highest BCUT2D eigenvalue weighted by Crippen LogP contribution is 2.09. The lowest BCUT2D eigenvalue weighted by atomic mass is 10.3. The van der Waals surface area contributed by atoms with Gasteiger partial charge in [-0.25, -0.2) is 0 Å². The van der Waals surface area contributed by atoms with Crippen molar-refractivity contribution in [3.05, 3.63) is 28.2 Å². The molecule has 0 atom stereocenters. The number of carbonyl (C=O) groups excluding carboxylic acids is 2. The summed E-state index contributed by atoms with van der Waals surface area (Å²) in [5.41, 5.74) is 0.605. The minimum Gasteiger partial charge on any atom is -0.341 e. The molecular formula is C15H21N3O3. The van der Waals surface area contributed by atoms with Crippen LogP contribution in [0.15, 0.2) is 16.9 Å². The Morgan fingerprint density at radius 3 is 2.52 bits per heavy atom. The number of anilines is 1. The topological polar surface area (TPSA) is 71.4 Å². The fourth-order valence-corrected chi connectivity index (χ4v) is 2.40. The number of likely N-dealkylation sites (tertiary alicyclic amines) is 1. The van der Waals surface area contributed by atoms with Crippen LogP contribution in [-0.4, -0.2) is 34.4 Å². The van der Waals surface area contributed by atoms with Crippen molar-refractivity contribution in [3.8, 4) is 0 Å². The maximum Gasteiger partial charge on any atom is 0.274 e. The normalized spacial score (nSPS) is 14.3. The Kier molecular flexibility index (Phi) is 4.77. The second-order valence-corrected chi connectivity index (χ2v) is 5.27. The first-order valence-electron chi connectivity index (χ1n) is 7.31. The number of aryl methyl sites for hydroxylation is 1. The molecule has 0 radical (unpaired) electrons. The molecule has 0 aromatic carbocycles. The number of carbonyl (C=O) groups is 2. The van der Waals surface area contributed by atoms with Crippen molar-refractivity contribution in [2.45, 2.75) is 39.7 Å². The van der Waals surface area contributed by atoms with Crippen molar-refractivity contribution < 1.29 is 9.59 Å². The van der Waals surface area contributed by atoms with Gasteiger partial charge in [0.25, 0.3) is 5.56 Å². The largest absolute Gasteiger partial charge is 0.341 e. The summed E-state index contributed by atoms with van der Waals surface area (Å²) in [6, 6.07) is 3.33. The summed E-state index contributed by atoms with van der Waals surface area (Å²) in [7, 11) is 0. The predicted molar refractivity (Wildman–Crippen MR) is 80.2 cm³/mol. The van der Waals surface area contributed by atoms with E-state index in [1.165, 1.54) is 4.57 Å². The molecule has 0 aliphatic carbocycles. The number of rotatable bonds is 4. The third-order valence-electron chi connectivity index (χ3n) is 3.74. The zero-order chi connectivity index (χ0) is 15.4. The van der Waals surface area contributed by atoms with Gasteiger partial charge in [-0.05, 0) is 31.9 Å². The average molecular weight is 291 g/mol. The molecule has 2 amide bonds. The molecule has 2 heterocycles. The molecule has 114 valence electrons. The fourth-order valence-electron chi connectivity index (χ4n) is 2.40. The van der Waals surface area contributed by atoms with E-state index in [1.54, 1.807) is 30.9 Å². The Morgan fingerprint density at radius 2 is 1.90 bits per heavy atom. The van der Waals surface area contributed by atoms with Crippen molar-refractivity contribution in [2.75, 3.05) is 18.4 Å². The maximum atomic E-state index is 12.4. The van der Waals surface area contributed by atoms with Gasteiger partial charge in [0, 0.05) is 25.2 Å². The van der Waals surface area contributed by atoms with Gasteiger partial charge in [-0.15, -0.1) is 0 Å². The van der Waals surface area contributed by atoms with E-state index in [-0.39, 0.29) is 29.6 Å². The number of pyridine rings is 1. The third kappa shape index (κ3) is 3.51. The highest BCUT2D eigenvalue weighted by atomic mass is 16.2. The van der Waals surface area contributed by atoms with Crippen LogP contribution in [0.5, 0.6) is 0 Å². The van der Waals surface area contributed by atoms with Crippen LogP contribution in [0.3, 0.4) is 0 Å². The Hall–Kier alpha value is -2.11. The number of hydrogen-bond acceptors (Lipinski definition) is 3. The van der Waals surface area contributed by atoms with Crippen LogP contribution in [0.1, 0.15) is 31.9 Å². The van der Waals surface area contributed by atoms with Gasteiger partial charge in [0.1, 0.15) is 12.2 Å². The van der Waals surface area contributed by atoms with Gasteiger partial charge in [-0.1, -0.05) is 6.92 Å². The van der Waals surface area contributed by atoms with E-state index in [9.17, 15) is 14.4 Å². The van der Waals surface area contributed by atoms with Gasteiger partial charge in [0.15, 0.2) is 0 Å². The first-order chi connectivity index (χ1) is 10.0. The number of amides is 2. The van der Waals surface area contributed by atoms with Crippen LogP contribution in [0, 0.1) is 6.92 Å². The van der Waals surface area contributed by atoms with Crippen LogP contribution in [-0.2, 0) is 16.1 Å². The second-order valence-electron chi connectivity index (χ2n) is 5.27. The molecule has 1 N–H and O–H groups in total. The number of nitrogens with one attached hydrogen (secondary N) is 1. The number of nitrogens with zero attached hydrogens (tertiary/aromatic N) is 2. The molecule has 1 aromatic rings. The SMILES string of the molecule is CCC(=O)Nc1ccc(C)n(CC(=O)N2CCCC2)c1=O. The van der Waals surface area contributed by atoms with Crippen molar-refractivity contribution in [1.82, 2.24) is 9.47 Å². The van der Waals surface area contributed by atoms with Crippen LogP contribution in [0.4, 0.5) is 5.69 Å². The van der Waals surface area contributed by atoms with Gasteiger partial charge < -0.3 is 14.8 Å². The zero-order valence-corrected chi connectivity index (χ0v) is 12.5. The first kappa shape index (κ1) is 15.3. The number of hydrogen-bond donors (Lipinski definition) is 1. The van der Waals surface area contributed by atoms with Gasteiger partial charge in [-0.2, -0.15) is 0 Å². The molecule has 0 unspecified atom stereocenters. The summed E-state index contributed by atoms with van der Waals surface area (Å²) in [6.07, 6.45) is 2.35. The average Bonchev–Trinajstić information content (AvgIpc) is 3.00. The van der Waals surface area contributed by atoms with E-state index in [0.29, 0.717) is 12.1 Å². The molecule has 2 rings (SSSR count). The molecule has 0 bridgehead atoms. The standard InChI is InChI=1S/C15H21N3O3/c1-3-13(19)16-12-7-6-11(2)18(15(12)21)10-14(20)17-8-4-5-9-17/h6-7H,3-5,8-10H2,1-2H3,(H,16,19). The molecule has 1 saturated heterocycles. The summed E-state index contributed by atoms with van der Waals surface area (Å²) in [4.78, 5) is 37.8. The monoisotopic (exact) mass is 291 g/mol. The number of aromatic nitrogens is 1. The van der Waals surface area contributed by atoms with Crippen molar-refractivity contribution >= 4 is 17.5 Å². The smallest absolute Gasteiger partial charge is 0.274 e. The summed E-state index contributed by atoms with van der Waals surface area (Å²) in [6.45, 7) is 5.06. The van der Waals surface area contributed by atoms with Crippen LogP contribution in [0.2, 0.25) is 0 Å². The highest BCUT2D eigenvalue weighted by molar-refractivity contribution is 5.90. The third-order valence-corrected chi connectivity index (χ3v) is 3.74. The Bertz CT molecular complexity index is 601. The molecule has 0 spiro atoms. The minimum atomic E-state index is -0.329. The van der Waals surface area contributed by atoms with Crippen molar-refractivity contribution in [2.24, 2.45) is 0 Å². The minimum absolute atomic E-state index is 0.0283. The van der Waals surface area contributed by atoms with E-state index in [0.717, 1.165) is 25.9 Å². The molecule has 0 saturated carbocycles. The van der Waals surface area contributed by atoms with Crippen LogP contribution < -0.4 is 10.9 Å². The van der Waals surface area contributed by atoms with E-state index in [4.69, 9.17) is 0 Å². The van der Waals surface area contributed by atoms with E-state index < -0.39 is 0 Å². The van der Waals surface area contributed by atoms with Crippen molar-refractivity contribution in [3.63, 3.8) is 0 Å². The van der Waals surface area contributed by atoms with E-state index in [2.05, 4.69) is 5.32 Å². The van der Waals surface area contributed by atoms with Gasteiger partial charge in [-0.3, -0.25) is 14.4 Å². The van der Waals surface area contributed by atoms with Crippen molar-refractivity contribution in [1.29, 1.82) is 0 Å². The Balaban J connectivity index is 2.21. The second kappa shape index (κ2) is 6.56. The van der Waals surface area contributed by atoms with E-state index in [1.807, 2.05) is 0 Å². The molecule has 1 aliphatic heterocycles. The van der Waals surface area contributed by atoms with Gasteiger partial charge in [0.05, 0.1) is 0 Å². The predicted octanol–water partition coefficient (Wildman–Crippen LogP) is 1.13. The first-order valence-corrected chi connectivity index (χ1v) is 7.31. The molecule has 6 nitrogen and oxygen atoms in total. The quantitative estimate of drug-likeness (QED) is 0.904. The lowest BCUT2D eigenvalue weighted by Crippen LogP contribution is -2.36. The Labute approximate surface area is 123 Å². The molecular weight excluding hydrogens is 270 g/mol. The fraction of sp³-hybridized carbons (Fsp3) is 0.533. The maximum absolute atomic E-state index is 12.4. The molecule has 1 aromatic heterocycles. The summed E-state index contributed by atoms with van der Waals surface area (Å²) < 4.78 is 1.42. The summed E-state index contributed by atoms with van der Waals surface area (Å²) >= 11 is 0. The molecule has 1 aliphatic rings. The summed E-state index contributed by atoms with van der Waals surface area (Å²) in [5, 5.41) is 2.57. The molecule has 1 fully saturated rings. The molecule has 21 heavy (non-hydrogen) atoms. The van der Waals surface area contributed by atoms with Gasteiger partial charge in [0.2, 0.25) is 11.8 Å². The lowest BCUT2D eigenvalue weighted by molar-refractivity contribution is -0.130.